The van der Waals surface area contributed by atoms with Crippen LogP contribution in [-0.4, -0.2) is 34.3 Å². The number of aliphatic hydroxyl groups is 1. The van der Waals surface area contributed by atoms with E-state index in [0.717, 1.165) is 16.6 Å². The van der Waals surface area contributed by atoms with Gasteiger partial charge in [-0.05, 0) is 29.8 Å². The number of hydroxylamine groups is 1. The lowest BCUT2D eigenvalue weighted by atomic mass is 10.1. The molecule has 7 heteroatoms. The average Bonchev–Trinajstić information content (AvgIpc) is 2.69. The maximum atomic E-state index is 10.4. The normalized spacial score (nSPS) is 12.0. The number of pyridine rings is 1. The molecular weight excluding hydrogens is 348 g/mol. The molecule has 1 unspecified atom stereocenters. The van der Waals surface area contributed by atoms with E-state index in [4.69, 9.17) is 14.7 Å². The predicted molar refractivity (Wildman–Crippen MR) is 99.1 cm³/mol. The number of nitrogens with one attached hydrogen (secondary N) is 1. The molecule has 1 atom stereocenters. The number of ether oxygens (including phenoxy) is 1. The molecule has 0 aliphatic rings. The molecule has 0 saturated heterocycles. The number of carboxylic acids is 1. The summed E-state index contributed by atoms with van der Waals surface area (Å²) < 4.78 is 5.79. The lowest BCUT2D eigenvalue weighted by Crippen LogP contribution is -2.24. The first-order chi connectivity index (χ1) is 13.1. The van der Waals surface area contributed by atoms with Gasteiger partial charge in [0.15, 0.2) is 6.61 Å². The molecule has 0 radical (unpaired) electrons. The highest BCUT2D eigenvalue weighted by atomic mass is 16.7. The number of carbonyl (C=O) groups is 1. The van der Waals surface area contributed by atoms with Gasteiger partial charge in [-0.3, -0.25) is 4.84 Å². The molecule has 3 rings (SSSR count). The first-order valence-electron chi connectivity index (χ1n) is 8.44. The van der Waals surface area contributed by atoms with Gasteiger partial charge >= 0.3 is 5.97 Å². The van der Waals surface area contributed by atoms with Crippen LogP contribution in [0.15, 0.2) is 60.7 Å². The number of hydrogen-bond donors (Lipinski definition) is 3. The van der Waals surface area contributed by atoms with Crippen LogP contribution in [0.3, 0.4) is 0 Å². The summed E-state index contributed by atoms with van der Waals surface area (Å²) >= 11 is 0. The van der Waals surface area contributed by atoms with Gasteiger partial charge in [-0.2, -0.15) is 5.48 Å². The number of aliphatic hydroxyl groups excluding tert-OH is 1. The number of para-hydroxylation sites is 1. The zero-order valence-corrected chi connectivity index (χ0v) is 14.5. The van der Waals surface area contributed by atoms with Crippen LogP contribution in [0.5, 0.6) is 5.75 Å². The number of hydrogen-bond acceptors (Lipinski definition) is 6. The largest absolute Gasteiger partial charge is 0.487 e. The quantitative estimate of drug-likeness (QED) is 0.394. The summed E-state index contributed by atoms with van der Waals surface area (Å²) in [4.78, 5) is 19.6. The number of benzene rings is 2. The Balaban J connectivity index is 1.57. The molecule has 1 aromatic heterocycles. The Kier molecular flexibility index (Phi) is 6.32. The first kappa shape index (κ1) is 18.8. The van der Waals surface area contributed by atoms with Crippen molar-refractivity contribution >= 4 is 16.9 Å². The molecule has 3 N–H and O–H groups in total. The van der Waals surface area contributed by atoms with Crippen molar-refractivity contribution in [2.45, 2.75) is 12.7 Å². The van der Waals surface area contributed by atoms with E-state index in [1.54, 1.807) is 24.3 Å². The highest BCUT2D eigenvalue weighted by Crippen LogP contribution is 2.20. The Hall–Kier alpha value is -3.00. The molecule has 7 nitrogen and oxygen atoms in total. The molecule has 0 bridgehead atoms. The van der Waals surface area contributed by atoms with Crippen molar-refractivity contribution in [1.29, 1.82) is 0 Å². The number of nitrogens with zero attached hydrogens (tertiary/aromatic N) is 1. The number of fused-ring (bicyclic) bond motifs is 1. The minimum atomic E-state index is -1.09. The van der Waals surface area contributed by atoms with E-state index in [-0.39, 0.29) is 6.54 Å². The van der Waals surface area contributed by atoms with Crippen LogP contribution in [0.2, 0.25) is 0 Å². The maximum absolute atomic E-state index is 10.4. The lowest BCUT2D eigenvalue weighted by Gasteiger charge is -2.13. The van der Waals surface area contributed by atoms with Gasteiger partial charge in [0.25, 0.3) is 0 Å². The average molecular weight is 368 g/mol. The zero-order chi connectivity index (χ0) is 19.1. The van der Waals surface area contributed by atoms with Gasteiger partial charge in [0, 0.05) is 5.39 Å². The Morgan fingerprint density at radius 1 is 1.11 bits per heavy atom. The summed E-state index contributed by atoms with van der Waals surface area (Å²) in [6.07, 6.45) is -0.860. The van der Waals surface area contributed by atoms with Gasteiger partial charge < -0.3 is 14.9 Å². The first-order valence-corrected chi connectivity index (χ1v) is 8.44. The Labute approximate surface area is 156 Å². The molecule has 1 heterocycles. The third-order valence-electron chi connectivity index (χ3n) is 3.86. The van der Waals surface area contributed by atoms with E-state index >= 15 is 0 Å². The van der Waals surface area contributed by atoms with Crippen molar-refractivity contribution in [3.63, 3.8) is 0 Å². The topological polar surface area (TPSA) is 101 Å². The number of aliphatic carboxylic acids is 1. The monoisotopic (exact) mass is 368 g/mol. The maximum Gasteiger partial charge on any atom is 0.331 e. The summed E-state index contributed by atoms with van der Waals surface area (Å²) in [6.45, 7) is -0.109. The minimum Gasteiger partial charge on any atom is -0.487 e. The number of carboxylic acid groups (broad SMARTS) is 1. The van der Waals surface area contributed by atoms with E-state index in [1.165, 1.54) is 0 Å². The van der Waals surface area contributed by atoms with Crippen LogP contribution < -0.4 is 10.2 Å². The van der Waals surface area contributed by atoms with Crippen molar-refractivity contribution < 1.29 is 24.6 Å². The van der Waals surface area contributed by atoms with E-state index in [9.17, 15) is 9.90 Å². The Morgan fingerprint density at radius 2 is 1.96 bits per heavy atom. The van der Waals surface area contributed by atoms with Crippen LogP contribution in [0.1, 0.15) is 17.4 Å². The SMILES string of the molecule is O=C(O)CONCC(O)c1cccc(OCc2ccc3ccccc3n2)c1. The second kappa shape index (κ2) is 9.09. The van der Waals surface area contributed by atoms with Gasteiger partial charge in [-0.1, -0.05) is 36.4 Å². The lowest BCUT2D eigenvalue weighted by molar-refractivity contribution is -0.145. The number of aromatic nitrogens is 1. The summed E-state index contributed by atoms with van der Waals surface area (Å²) in [6, 6.07) is 18.9. The molecular formula is C20H20N2O5. The Bertz CT molecular complexity index is 916. The van der Waals surface area contributed by atoms with Crippen LogP contribution in [0, 0.1) is 0 Å². The van der Waals surface area contributed by atoms with Crippen molar-refractivity contribution in [3.05, 3.63) is 71.9 Å². The van der Waals surface area contributed by atoms with Crippen molar-refractivity contribution in [3.8, 4) is 5.75 Å². The summed E-state index contributed by atoms with van der Waals surface area (Å²) in [5.74, 6) is -0.484. The highest BCUT2D eigenvalue weighted by molar-refractivity contribution is 5.78. The van der Waals surface area contributed by atoms with Crippen molar-refractivity contribution in [2.24, 2.45) is 0 Å². The summed E-state index contributed by atoms with van der Waals surface area (Å²) in [7, 11) is 0. The van der Waals surface area contributed by atoms with E-state index in [2.05, 4.69) is 10.5 Å². The molecule has 0 fully saturated rings. The smallest absolute Gasteiger partial charge is 0.331 e. The fourth-order valence-corrected chi connectivity index (χ4v) is 2.53. The van der Waals surface area contributed by atoms with Crippen LogP contribution in [-0.2, 0) is 16.2 Å². The zero-order valence-electron chi connectivity index (χ0n) is 14.5. The van der Waals surface area contributed by atoms with Crippen LogP contribution in [0.4, 0.5) is 0 Å². The molecule has 27 heavy (non-hydrogen) atoms. The number of rotatable bonds is 9. The minimum absolute atomic E-state index is 0.0585. The fraction of sp³-hybridized carbons (Fsp3) is 0.200. The molecule has 0 aliphatic heterocycles. The van der Waals surface area contributed by atoms with E-state index in [0.29, 0.717) is 17.9 Å². The molecule has 140 valence electrons. The molecule has 0 spiro atoms. The Morgan fingerprint density at radius 3 is 2.81 bits per heavy atom. The summed E-state index contributed by atoms with van der Waals surface area (Å²) in [5.41, 5.74) is 4.78. The van der Waals surface area contributed by atoms with E-state index in [1.807, 2.05) is 36.4 Å². The third-order valence-corrected chi connectivity index (χ3v) is 3.86. The van der Waals surface area contributed by atoms with Crippen molar-refractivity contribution in [1.82, 2.24) is 10.5 Å². The molecule has 0 amide bonds. The van der Waals surface area contributed by atoms with E-state index < -0.39 is 18.7 Å². The molecule has 0 aliphatic carbocycles. The second-order valence-electron chi connectivity index (χ2n) is 5.90. The van der Waals surface area contributed by atoms with Gasteiger partial charge in [0.1, 0.15) is 12.4 Å². The summed E-state index contributed by atoms with van der Waals surface area (Å²) in [5, 5.41) is 19.7. The van der Waals surface area contributed by atoms with Crippen LogP contribution >= 0.6 is 0 Å². The second-order valence-corrected chi connectivity index (χ2v) is 5.90. The van der Waals surface area contributed by atoms with Gasteiger partial charge in [0.2, 0.25) is 0 Å². The fourth-order valence-electron chi connectivity index (χ4n) is 2.53. The molecule has 3 aromatic rings. The van der Waals surface area contributed by atoms with Gasteiger partial charge in [-0.25, -0.2) is 9.78 Å². The molecule has 2 aromatic carbocycles. The standard InChI is InChI=1S/C20H20N2O5/c23-19(11-21-27-13-20(24)25)15-5-3-6-17(10-15)26-12-16-9-8-14-4-1-2-7-18(14)22-16/h1-10,19,21,23H,11-13H2,(H,24,25). The van der Waals surface area contributed by atoms with Crippen molar-refractivity contribution in [2.75, 3.05) is 13.2 Å². The highest BCUT2D eigenvalue weighted by Gasteiger charge is 2.09. The third kappa shape index (κ3) is 5.49. The molecule has 0 saturated carbocycles. The van der Waals surface area contributed by atoms with Crippen LogP contribution in [0.25, 0.3) is 10.9 Å². The predicted octanol–water partition coefficient (Wildman–Crippen LogP) is 2.45. The van der Waals surface area contributed by atoms with Gasteiger partial charge in [-0.15, -0.1) is 0 Å². The van der Waals surface area contributed by atoms with Gasteiger partial charge in [0.05, 0.1) is 23.9 Å².